The second kappa shape index (κ2) is 6.29. The van der Waals surface area contributed by atoms with Gasteiger partial charge in [-0.3, -0.25) is 0 Å². The maximum Gasteiger partial charge on any atom is 0.282 e. The van der Waals surface area contributed by atoms with Gasteiger partial charge in [-0.15, -0.1) is 0 Å². The number of hydrogen-bond donors (Lipinski definition) is 1. The van der Waals surface area contributed by atoms with Gasteiger partial charge in [0.2, 0.25) is 0 Å². The number of rotatable bonds is 2. The summed E-state index contributed by atoms with van der Waals surface area (Å²) >= 11 is 0. The van der Waals surface area contributed by atoms with Crippen LogP contribution in [0.15, 0.2) is 0 Å². The summed E-state index contributed by atoms with van der Waals surface area (Å²) < 4.78 is 28.4. The molecule has 106 valence electrons. The van der Waals surface area contributed by atoms with Gasteiger partial charge in [0.15, 0.2) is 0 Å². The summed E-state index contributed by atoms with van der Waals surface area (Å²) in [4.78, 5) is 2.19. The van der Waals surface area contributed by atoms with Crippen molar-refractivity contribution < 1.29 is 8.42 Å². The lowest BCUT2D eigenvalue weighted by Gasteiger charge is -2.28. The first kappa shape index (κ1) is 14.2. The van der Waals surface area contributed by atoms with Gasteiger partial charge in [-0.1, -0.05) is 0 Å². The number of hydrogen-bond acceptors (Lipinski definition) is 4. The lowest BCUT2D eigenvalue weighted by molar-refractivity contribution is 0.330. The molecule has 0 unspecified atom stereocenters. The van der Waals surface area contributed by atoms with E-state index in [1.165, 1.54) is 0 Å². The van der Waals surface area contributed by atoms with Crippen LogP contribution in [0.3, 0.4) is 0 Å². The predicted molar refractivity (Wildman–Crippen MR) is 71.7 cm³/mol. The van der Waals surface area contributed by atoms with E-state index in [-0.39, 0.29) is 0 Å². The molecule has 0 saturated carbocycles. The molecular weight excluding hydrogens is 252 g/mol. The molecule has 0 radical (unpaired) electrons. The average Bonchev–Trinajstić information content (AvgIpc) is 2.71. The van der Waals surface area contributed by atoms with Crippen LogP contribution in [0.25, 0.3) is 0 Å². The standard InChI is InChI=1S/C11H24N4O2S/c1-13-6-3-8-15(11-10-13)18(16,17)14-7-2-4-12-5-9-14/h12H,2-11H2,1H3. The Kier molecular flexibility index (Phi) is 4.97. The first-order chi connectivity index (χ1) is 8.60. The lowest BCUT2D eigenvalue weighted by atomic mass is 10.4. The predicted octanol–water partition coefficient (Wildman–Crippen LogP) is -0.836. The molecule has 2 heterocycles. The van der Waals surface area contributed by atoms with E-state index in [1.54, 1.807) is 8.61 Å². The summed E-state index contributed by atoms with van der Waals surface area (Å²) in [5.41, 5.74) is 0. The molecule has 2 aliphatic rings. The molecule has 0 aliphatic carbocycles. The van der Waals surface area contributed by atoms with E-state index < -0.39 is 10.2 Å². The van der Waals surface area contributed by atoms with Gasteiger partial charge in [-0.2, -0.15) is 17.0 Å². The Morgan fingerprint density at radius 3 is 2.39 bits per heavy atom. The van der Waals surface area contributed by atoms with Crippen LogP contribution in [-0.2, 0) is 10.2 Å². The summed E-state index contributed by atoms with van der Waals surface area (Å²) in [5.74, 6) is 0. The summed E-state index contributed by atoms with van der Waals surface area (Å²) in [6.07, 6.45) is 1.81. The number of nitrogens with zero attached hydrogens (tertiary/aromatic N) is 3. The molecule has 0 amide bonds. The van der Waals surface area contributed by atoms with E-state index in [0.717, 1.165) is 39.0 Å². The highest BCUT2D eigenvalue weighted by molar-refractivity contribution is 7.86. The third-order valence-corrected chi connectivity index (χ3v) is 5.67. The summed E-state index contributed by atoms with van der Waals surface area (Å²) in [6, 6.07) is 0. The van der Waals surface area contributed by atoms with Crippen molar-refractivity contribution in [1.82, 2.24) is 18.8 Å². The lowest BCUT2D eigenvalue weighted by Crippen LogP contribution is -2.46. The Bertz CT molecular complexity index is 352. The summed E-state index contributed by atoms with van der Waals surface area (Å²) in [5, 5.41) is 3.24. The minimum absolute atomic E-state index is 0.592. The van der Waals surface area contributed by atoms with Crippen LogP contribution in [0.2, 0.25) is 0 Å². The zero-order valence-corrected chi connectivity index (χ0v) is 12.0. The molecule has 0 aromatic carbocycles. The maximum atomic E-state index is 12.6. The van der Waals surface area contributed by atoms with Gasteiger partial charge in [0.25, 0.3) is 10.2 Å². The number of likely N-dealkylation sites (N-methyl/N-ethyl adjacent to an activating group) is 1. The Morgan fingerprint density at radius 1 is 0.833 bits per heavy atom. The Morgan fingerprint density at radius 2 is 1.56 bits per heavy atom. The van der Waals surface area contributed by atoms with Crippen LogP contribution in [0.5, 0.6) is 0 Å². The van der Waals surface area contributed by atoms with Crippen LogP contribution in [0.1, 0.15) is 12.8 Å². The van der Waals surface area contributed by atoms with Gasteiger partial charge in [0.1, 0.15) is 0 Å². The molecule has 2 rings (SSSR count). The zero-order chi connectivity index (χ0) is 13.0. The molecule has 0 bridgehead atoms. The van der Waals surface area contributed by atoms with Gasteiger partial charge >= 0.3 is 0 Å². The Balaban J connectivity index is 2.04. The SMILES string of the molecule is CN1CCCN(S(=O)(=O)N2CCCNCC2)CC1. The highest BCUT2D eigenvalue weighted by atomic mass is 32.2. The minimum atomic E-state index is -3.26. The molecule has 0 spiro atoms. The fourth-order valence-electron chi connectivity index (χ4n) is 2.47. The van der Waals surface area contributed by atoms with Crippen molar-refractivity contribution in [2.45, 2.75) is 12.8 Å². The quantitative estimate of drug-likeness (QED) is 0.715. The second-order valence-electron chi connectivity index (χ2n) is 5.07. The fraction of sp³-hybridized carbons (Fsp3) is 1.00. The van der Waals surface area contributed by atoms with E-state index in [1.807, 2.05) is 7.05 Å². The van der Waals surface area contributed by atoms with Crippen molar-refractivity contribution in [3.8, 4) is 0 Å². The molecule has 6 nitrogen and oxygen atoms in total. The van der Waals surface area contributed by atoms with Crippen LogP contribution in [0, 0.1) is 0 Å². The second-order valence-corrected chi connectivity index (χ2v) is 6.99. The molecule has 0 atom stereocenters. The van der Waals surface area contributed by atoms with Crippen LogP contribution >= 0.6 is 0 Å². The van der Waals surface area contributed by atoms with Crippen LogP contribution in [-0.4, -0.2) is 81.3 Å². The van der Waals surface area contributed by atoms with Crippen LogP contribution in [0.4, 0.5) is 0 Å². The van der Waals surface area contributed by atoms with E-state index in [9.17, 15) is 8.42 Å². The highest BCUT2D eigenvalue weighted by Gasteiger charge is 2.30. The molecule has 0 aromatic heterocycles. The fourth-order valence-corrected chi connectivity index (χ4v) is 4.15. The van der Waals surface area contributed by atoms with Crippen LogP contribution < -0.4 is 5.32 Å². The Labute approximate surface area is 110 Å². The highest BCUT2D eigenvalue weighted by Crippen LogP contribution is 2.13. The van der Waals surface area contributed by atoms with Crippen molar-refractivity contribution >= 4 is 10.2 Å². The minimum Gasteiger partial charge on any atom is -0.315 e. The molecule has 2 aliphatic heterocycles. The third kappa shape index (κ3) is 3.42. The third-order valence-electron chi connectivity index (χ3n) is 3.63. The van der Waals surface area contributed by atoms with E-state index in [2.05, 4.69) is 10.2 Å². The van der Waals surface area contributed by atoms with Gasteiger partial charge in [-0.25, -0.2) is 0 Å². The molecular formula is C11H24N4O2S. The molecule has 0 aromatic rings. The van der Waals surface area contributed by atoms with Gasteiger partial charge in [0, 0.05) is 39.3 Å². The Hall–Kier alpha value is -0.210. The van der Waals surface area contributed by atoms with Crippen molar-refractivity contribution in [3.05, 3.63) is 0 Å². The smallest absolute Gasteiger partial charge is 0.282 e. The zero-order valence-electron chi connectivity index (χ0n) is 11.1. The largest absolute Gasteiger partial charge is 0.315 e. The van der Waals surface area contributed by atoms with E-state index in [0.29, 0.717) is 26.2 Å². The normalized spacial score (nSPS) is 26.7. The summed E-state index contributed by atoms with van der Waals surface area (Å²) in [7, 11) is -1.21. The molecule has 1 N–H and O–H groups in total. The van der Waals surface area contributed by atoms with E-state index >= 15 is 0 Å². The molecule has 2 fully saturated rings. The maximum absolute atomic E-state index is 12.6. The molecule has 2 saturated heterocycles. The van der Waals surface area contributed by atoms with Gasteiger partial charge in [-0.05, 0) is 33.0 Å². The van der Waals surface area contributed by atoms with Gasteiger partial charge < -0.3 is 10.2 Å². The average molecular weight is 276 g/mol. The number of nitrogens with one attached hydrogen (secondary N) is 1. The van der Waals surface area contributed by atoms with E-state index in [4.69, 9.17) is 0 Å². The molecule has 18 heavy (non-hydrogen) atoms. The first-order valence-electron chi connectivity index (χ1n) is 6.75. The van der Waals surface area contributed by atoms with Crippen molar-refractivity contribution in [1.29, 1.82) is 0 Å². The first-order valence-corrected chi connectivity index (χ1v) is 8.15. The summed E-state index contributed by atoms with van der Waals surface area (Å²) in [6.45, 7) is 5.97. The monoisotopic (exact) mass is 276 g/mol. The molecule has 7 heteroatoms. The van der Waals surface area contributed by atoms with Gasteiger partial charge in [0.05, 0.1) is 0 Å². The topological polar surface area (TPSA) is 55.9 Å². The van der Waals surface area contributed by atoms with Crippen molar-refractivity contribution in [2.75, 3.05) is 59.4 Å². The van der Waals surface area contributed by atoms with Crippen molar-refractivity contribution in [3.63, 3.8) is 0 Å². The van der Waals surface area contributed by atoms with Crippen molar-refractivity contribution in [2.24, 2.45) is 0 Å².